The Balaban J connectivity index is 2.16. The Kier molecular flexibility index (Phi) is 2.34. The largest absolute Gasteiger partial charge is 0.364 e. The molecule has 1 N–H and O–H groups in total. The molecule has 0 radical (unpaired) electrons. The first-order valence-corrected chi connectivity index (χ1v) is 7.24. The van der Waals surface area contributed by atoms with Crippen LogP contribution in [-0.2, 0) is 6.54 Å². The molecule has 0 fully saturated rings. The third-order valence-corrected chi connectivity index (χ3v) is 4.50. The Labute approximate surface area is 112 Å². The van der Waals surface area contributed by atoms with Crippen LogP contribution < -0.4 is 10.2 Å². The summed E-state index contributed by atoms with van der Waals surface area (Å²) in [6, 6.07) is 1.73. The van der Waals surface area contributed by atoms with Crippen molar-refractivity contribution in [1.82, 2.24) is 19.7 Å². The van der Waals surface area contributed by atoms with Gasteiger partial charge in [-0.25, -0.2) is 0 Å². The summed E-state index contributed by atoms with van der Waals surface area (Å²) in [6.07, 6.45) is 5.63. The highest BCUT2D eigenvalue weighted by atomic mass is 32.2. The molecule has 0 saturated heterocycles. The highest BCUT2D eigenvalue weighted by Gasteiger charge is 2.26. The van der Waals surface area contributed by atoms with Crippen LogP contribution in [-0.4, -0.2) is 25.4 Å². The number of aromatic nitrogens is 5. The average molecular weight is 274 g/mol. The maximum absolute atomic E-state index is 12.1. The van der Waals surface area contributed by atoms with E-state index < -0.39 is 0 Å². The molecule has 1 aliphatic rings. The molecule has 4 rings (SSSR count). The van der Waals surface area contributed by atoms with E-state index in [0.29, 0.717) is 5.39 Å². The maximum atomic E-state index is 12.1. The molecule has 0 aromatic carbocycles. The van der Waals surface area contributed by atoms with Crippen LogP contribution in [0.5, 0.6) is 0 Å². The lowest BCUT2D eigenvalue weighted by Gasteiger charge is -1.94. The van der Waals surface area contributed by atoms with E-state index in [0.717, 1.165) is 34.9 Å². The minimum atomic E-state index is -0.101. The van der Waals surface area contributed by atoms with E-state index in [9.17, 15) is 4.79 Å². The number of nitrogens with one attached hydrogen (secondary N) is 1. The van der Waals surface area contributed by atoms with Gasteiger partial charge in [0.05, 0.1) is 10.8 Å². The van der Waals surface area contributed by atoms with Gasteiger partial charge in [-0.1, -0.05) is 4.52 Å². The second kappa shape index (κ2) is 4.06. The van der Waals surface area contributed by atoms with E-state index in [1.165, 1.54) is 6.42 Å². The van der Waals surface area contributed by atoms with Crippen molar-refractivity contribution < 1.29 is 4.68 Å². The predicted molar refractivity (Wildman–Crippen MR) is 71.3 cm³/mol. The van der Waals surface area contributed by atoms with Crippen LogP contribution in [0.3, 0.4) is 0 Å². The number of pyridine rings is 1. The summed E-state index contributed by atoms with van der Waals surface area (Å²) in [6.45, 7) is 0.897. The molecular weight excluding hydrogens is 262 g/mol. The molecule has 0 saturated carbocycles. The number of aromatic amines is 1. The molecule has 0 bridgehead atoms. The highest BCUT2D eigenvalue weighted by Crippen LogP contribution is 2.21. The van der Waals surface area contributed by atoms with Crippen molar-refractivity contribution >= 4 is 28.2 Å². The third-order valence-electron chi connectivity index (χ3n) is 3.35. The summed E-state index contributed by atoms with van der Waals surface area (Å²) in [7, 11) is 0. The van der Waals surface area contributed by atoms with Crippen LogP contribution in [0.25, 0.3) is 16.4 Å². The molecular formula is C12H12N5OS+. The zero-order valence-corrected chi connectivity index (χ0v) is 11.0. The summed E-state index contributed by atoms with van der Waals surface area (Å²) < 4.78 is 3.78. The number of nitrogens with zero attached hydrogens (tertiary/aromatic N) is 4. The third kappa shape index (κ3) is 1.58. The summed E-state index contributed by atoms with van der Waals surface area (Å²) in [5.74, 6) is 1.06. The number of fused-ring (bicyclic) bond motifs is 5. The number of thioether (sulfide) groups is 1. The lowest BCUT2D eigenvalue weighted by molar-refractivity contribution is -0.784. The Morgan fingerprint density at radius 2 is 2.32 bits per heavy atom. The first-order chi connectivity index (χ1) is 9.34. The Bertz CT molecular complexity index is 837. The van der Waals surface area contributed by atoms with Crippen molar-refractivity contribution in [3.63, 3.8) is 0 Å². The lowest BCUT2D eigenvalue weighted by atomic mass is 10.2. The van der Waals surface area contributed by atoms with E-state index >= 15 is 0 Å². The molecule has 6 nitrogen and oxygen atoms in total. The van der Waals surface area contributed by atoms with E-state index in [1.54, 1.807) is 34.7 Å². The molecule has 3 aromatic heterocycles. The fourth-order valence-electron chi connectivity index (χ4n) is 2.43. The van der Waals surface area contributed by atoms with Gasteiger partial charge < -0.3 is 0 Å². The molecule has 0 amide bonds. The topological polar surface area (TPSA) is 66.9 Å². The second-order valence-electron chi connectivity index (χ2n) is 4.58. The van der Waals surface area contributed by atoms with Gasteiger partial charge in [-0.05, 0) is 35.8 Å². The van der Waals surface area contributed by atoms with Gasteiger partial charge >= 0.3 is 5.16 Å². The van der Waals surface area contributed by atoms with Crippen molar-refractivity contribution in [3.8, 4) is 0 Å². The quantitative estimate of drug-likeness (QED) is 0.614. The number of hydrogen-bond donors (Lipinski definition) is 1. The maximum Gasteiger partial charge on any atom is 0.364 e. The number of aryl methyl sites for hydroxylation is 1. The van der Waals surface area contributed by atoms with Gasteiger partial charge in [0.15, 0.2) is 0 Å². The molecule has 7 heteroatoms. The molecule has 19 heavy (non-hydrogen) atoms. The minimum Gasteiger partial charge on any atom is -0.266 e. The van der Waals surface area contributed by atoms with Gasteiger partial charge in [0.25, 0.3) is 11.2 Å². The summed E-state index contributed by atoms with van der Waals surface area (Å²) in [5, 5.41) is 9.96. The first-order valence-electron chi connectivity index (χ1n) is 6.26. The summed E-state index contributed by atoms with van der Waals surface area (Å²) in [5.41, 5.74) is 0.669. The van der Waals surface area contributed by atoms with Crippen molar-refractivity contribution in [2.75, 3.05) is 5.75 Å². The van der Waals surface area contributed by atoms with Crippen molar-refractivity contribution in [3.05, 3.63) is 28.8 Å². The van der Waals surface area contributed by atoms with E-state index in [2.05, 4.69) is 15.2 Å². The van der Waals surface area contributed by atoms with Crippen molar-refractivity contribution in [1.29, 1.82) is 0 Å². The van der Waals surface area contributed by atoms with Gasteiger partial charge in [0, 0.05) is 18.1 Å². The van der Waals surface area contributed by atoms with Crippen molar-refractivity contribution in [2.45, 2.75) is 24.5 Å². The first kappa shape index (κ1) is 11.0. The second-order valence-corrected chi connectivity index (χ2v) is 5.64. The lowest BCUT2D eigenvalue weighted by Crippen LogP contribution is -2.37. The molecule has 0 spiro atoms. The monoisotopic (exact) mass is 274 g/mol. The number of rotatable bonds is 0. The Morgan fingerprint density at radius 3 is 3.26 bits per heavy atom. The molecule has 0 atom stereocenters. The molecule has 3 aromatic rings. The highest BCUT2D eigenvalue weighted by molar-refractivity contribution is 7.99. The minimum absolute atomic E-state index is 0.101. The number of hydrogen-bond acceptors (Lipinski definition) is 4. The van der Waals surface area contributed by atoms with Gasteiger partial charge in [-0.15, -0.1) is 4.68 Å². The molecule has 0 unspecified atom stereocenters. The SMILES string of the molecule is O=c1[nH]n2c3[n+](nc2c2cnccc12)CCCCS3. The van der Waals surface area contributed by atoms with Gasteiger partial charge in [-0.3, -0.25) is 9.78 Å². The van der Waals surface area contributed by atoms with E-state index in [-0.39, 0.29) is 5.56 Å². The normalized spacial score (nSPS) is 15.6. The molecule has 96 valence electrons. The van der Waals surface area contributed by atoms with Crippen molar-refractivity contribution in [2.24, 2.45) is 0 Å². The van der Waals surface area contributed by atoms with Gasteiger partial charge in [-0.2, -0.15) is 5.10 Å². The standard InChI is InChI=1S/C12H11N5OS/c18-11-8-3-4-13-7-9(8)10-14-16-5-1-2-6-19-12(16)17(10)15-11/h3-4,7H,1-2,5-6H2/p+1. The van der Waals surface area contributed by atoms with E-state index in [1.807, 2.05) is 4.68 Å². The molecule has 4 heterocycles. The Hall–Kier alpha value is -1.89. The zero-order valence-electron chi connectivity index (χ0n) is 10.2. The van der Waals surface area contributed by atoms with Crippen LogP contribution in [0, 0.1) is 0 Å². The summed E-state index contributed by atoms with van der Waals surface area (Å²) >= 11 is 1.74. The van der Waals surface area contributed by atoms with Crippen LogP contribution >= 0.6 is 11.8 Å². The van der Waals surface area contributed by atoms with Gasteiger partial charge in [0.1, 0.15) is 6.54 Å². The van der Waals surface area contributed by atoms with Crippen LogP contribution in [0.2, 0.25) is 0 Å². The predicted octanol–water partition coefficient (Wildman–Crippen LogP) is 0.744. The van der Waals surface area contributed by atoms with E-state index in [4.69, 9.17) is 0 Å². The van der Waals surface area contributed by atoms with Gasteiger partial charge in [0.2, 0.25) is 0 Å². The fraction of sp³-hybridized carbons (Fsp3) is 0.333. The molecule has 1 aliphatic heterocycles. The fourth-order valence-corrected chi connectivity index (χ4v) is 3.50. The van der Waals surface area contributed by atoms with Crippen LogP contribution in [0.15, 0.2) is 28.4 Å². The smallest absolute Gasteiger partial charge is 0.266 e. The average Bonchev–Trinajstić information content (AvgIpc) is 2.63. The number of H-pyrrole nitrogens is 1. The molecule has 0 aliphatic carbocycles. The summed E-state index contributed by atoms with van der Waals surface area (Å²) in [4.78, 5) is 16.2. The zero-order chi connectivity index (χ0) is 12.8. The Morgan fingerprint density at radius 1 is 1.37 bits per heavy atom. The van der Waals surface area contributed by atoms with Crippen LogP contribution in [0.1, 0.15) is 12.8 Å². The van der Waals surface area contributed by atoms with Crippen LogP contribution in [0.4, 0.5) is 0 Å².